The van der Waals surface area contributed by atoms with Crippen LogP contribution in [-0.2, 0) is 20.1 Å². The number of furan rings is 1. The molecular formula is C12H17N3O. The van der Waals surface area contributed by atoms with Crippen molar-refractivity contribution in [1.29, 1.82) is 0 Å². The number of aryl methyl sites for hydroxylation is 3. The van der Waals surface area contributed by atoms with Gasteiger partial charge in [-0.05, 0) is 26.0 Å². The zero-order valence-electron chi connectivity index (χ0n) is 9.95. The molecule has 2 heterocycles. The van der Waals surface area contributed by atoms with Crippen LogP contribution in [0.3, 0.4) is 0 Å². The van der Waals surface area contributed by atoms with Crippen molar-refractivity contribution in [3.63, 3.8) is 0 Å². The lowest BCUT2D eigenvalue weighted by Gasteiger charge is -2.00. The predicted molar refractivity (Wildman–Crippen MR) is 61.9 cm³/mol. The van der Waals surface area contributed by atoms with Crippen molar-refractivity contribution in [3.8, 4) is 0 Å². The van der Waals surface area contributed by atoms with Gasteiger partial charge in [0.1, 0.15) is 11.5 Å². The van der Waals surface area contributed by atoms with Crippen LogP contribution in [0.15, 0.2) is 22.7 Å². The van der Waals surface area contributed by atoms with Gasteiger partial charge in [-0.15, -0.1) is 0 Å². The fraction of sp³-hybridized carbons (Fsp3) is 0.417. The fourth-order valence-corrected chi connectivity index (χ4v) is 1.74. The highest BCUT2D eigenvalue weighted by molar-refractivity contribution is 5.19. The van der Waals surface area contributed by atoms with E-state index in [0.717, 1.165) is 30.3 Å². The largest absolute Gasteiger partial charge is 0.466 e. The lowest BCUT2D eigenvalue weighted by molar-refractivity contribution is 0.498. The van der Waals surface area contributed by atoms with Crippen molar-refractivity contribution < 1.29 is 4.42 Å². The van der Waals surface area contributed by atoms with Crippen molar-refractivity contribution in [1.82, 2.24) is 15.1 Å². The van der Waals surface area contributed by atoms with Gasteiger partial charge in [0, 0.05) is 31.9 Å². The first-order chi connectivity index (χ1) is 7.65. The zero-order chi connectivity index (χ0) is 11.5. The molecular weight excluding hydrogens is 202 g/mol. The maximum absolute atomic E-state index is 5.46. The van der Waals surface area contributed by atoms with E-state index in [1.54, 1.807) is 0 Å². The number of aromatic nitrogens is 2. The normalized spacial score (nSPS) is 10.9. The first-order valence-electron chi connectivity index (χ1n) is 5.40. The Labute approximate surface area is 95.3 Å². The topological polar surface area (TPSA) is 43.0 Å². The maximum atomic E-state index is 5.46. The summed E-state index contributed by atoms with van der Waals surface area (Å²) in [7, 11) is 1.92. The van der Waals surface area contributed by atoms with E-state index < -0.39 is 0 Å². The molecule has 0 aromatic carbocycles. The van der Waals surface area contributed by atoms with Crippen molar-refractivity contribution >= 4 is 0 Å². The molecule has 86 valence electrons. The molecule has 0 fully saturated rings. The van der Waals surface area contributed by atoms with Gasteiger partial charge >= 0.3 is 0 Å². The van der Waals surface area contributed by atoms with Gasteiger partial charge in [-0.2, -0.15) is 5.10 Å². The molecule has 0 saturated carbocycles. The van der Waals surface area contributed by atoms with Crippen LogP contribution in [0.5, 0.6) is 0 Å². The molecule has 2 aromatic rings. The van der Waals surface area contributed by atoms with E-state index in [4.69, 9.17) is 4.42 Å². The summed E-state index contributed by atoms with van der Waals surface area (Å²) in [5.41, 5.74) is 2.27. The minimum absolute atomic E-state index is 0.782. The predicted octanol–water partition coefficient (Wildman–Crippen LogP) is 1.92. The van der Waals surface area contributed by atoms with Crippen LogP contribution < -0.4 is 5.32 Å². The second-order valence-electron chi connectivity index (χ2n) is 4.02. The summed E-state index contributed by atoms with van der Waals surface area (Å²) in [4.78, 5) is 0. The van der Waals surface area contributed by atoms with E-state index in [1.807, 2.05) is 37.8 Å². The van der Waals surface area contributed by atoms with E-state index in [0.29, 0.717) is 0 Å². The number of nitrogens with zero attached hydrogens (tertiary/aromatic N) is 2. The quantitative estimate of drug-likeness (QED) is 0.854. The standard InChI is InChI=1S/C12H17N3O/c1-9-6-11(10(2)16-9)7-13-8-12-4-5-15(3)14-12/h4-6,13H,7-8H2,1-3H3. The van der Waals surface area contributed by atoms with Crippen LogP contribution >= 0.6 is 0 Å². The van der Waals surface area contributed by atoms with Gasteiger partial charge in [-0.25, -0.2) is 0 Å². The summed E-state index contributed by atoms with van der Waals surface area (Å²) >= 11 is 0. The molecule has 4 heteroatoms. The SMILES string of the molecule is Cc1cc(CNCc2ccn(C)n2)c(C)o1. The Hall–Kier alpha value is -1.55. The van der Waals surface area contributed by atoms with E-state index in [-0.39, 0.29) is 0 Å². The Balaban J connectivity index is 1.86. The molecule has 0 spiro atoms. The second kappa shape index (κ2) is 4.53. The third kappa shape index (κ3) is 2.52. The van der Waals surface area contributed by atoms with Crippen molar-refractivity contribution in [2.45, 2.75) is 26.9 Å². The number of rotatable bonds is 4. The highest BCUT2D eigenvalue weighted by atomic mass is 16.3. The molecule has 0 unspecified atom stereocenters. The van der Waals surface area contributed by atoms with Gasteiger partial charge in [0.2, 0.25) is 0 Å². The zero-order valence-corrected chi connectivity index (χ0v) is 9.95. The summed E-state index contributed by atoms with van der Waals surface area (Å²) in [5.74, 6) is 1.96. The molecule has 2 aromatic heterocycles. The van der Waals surface area contributed by atoms with Crippen molar-refractivity contribution in [3.05, 3.63) is 41.1 Å². The highest BCUT2D eigenvalue weighted by Crippen LogP contribution is 2.13. The van der Waals surface area contributed by atoms with Gasteiger partial charge in [-0.3, -0.25) is 4.68 Å². The maximum Gasteiger partial charge on any atom is 0.105 e. The average Bonchev–Trinajstić information content (AvgIpc) is 2.74. The van der Waals surface area contributed by atoms with Crippen LogP contribution in [0.2, 0.25) is 0 Å². The lowest BCUT2D eigenvalue weighted by Crippen LogP contribution is -2.13. The molecule has 16 heavy (non-hydrogen) atoms. The first-order valence-corrected chi connectivity index (χ1v) is 5.40. The van der Waals surface area contributed by atoms with Crippen LogP contribution in [0.1, 0.15) is 22.8 Å². The number of hydrogen-bond acceptors (Lipinski definition) is 3. The van der Waals surface area contributed by atoms with Gasteiger partial charge in [0.05, 0.1) is 5.69 Å². The third-order valence-corrected chi connectivity index (χ3v) is 2.53. The van der Waals surface area contributed by atoms with E-state index >= 15 is 0 Å². The Morgan fingerprint density at radius 2 is 2.19 bits per heavy atom. The molecule has 0 atom stereocenters. The average molecular weight is 219 g/mol. The Kier molecular flexibility index (Phi) is 3.10. The number of nitrogens with one attached hydrogen (secondary N) is 1. The van der Waals surface area contributed by atoms with Gasteiger partial charge < -0.3 is 9.73 Å². The van der Waals surface area contributed by atoms with Crippen molar-refractivity contribution in [2.24, 2.45) is 7.05 Å². The molecule has 0 bridgehead atoms. The summed E-state index contributed by atoms with van der Waals surface area (Å²) < 4.78 is 7.27. The molecule has 0 saturated heterocycles. The molecule has 2 rings (SSSR count). The van der Waals surface area contributed by atoms with Gasteiger partial charge in [0.25, 0.3) is 0 Å². The van der Waals surface area contributed by atoms with Gasteiger partial charge in [-0.1, -0.05) is 0 Å². The number of hydrogen-bond donors (Lipinski definition) is 1. The molecule has 0 aliphatic rings. The second-order valence-corrected chi connectivity index (χ2v) is 4.02. The molecule has 0 aliphatic heterocycles. The highest BCUT2D eigenvalue weighted by Gasteiger charge is 2.04. The molecule has 4 nitrogen and oxygen atoms in total. The first kappa shape index (κ1) is 11.0. The molecule has 0 aliphatic carbocycles. The van der Waals surface area contributed by atoms with Crippen LogP contribution in [-0.4, -0.2) is 9.78 Å². The molecule has 1 N–H and O–H groups in total. The van der Waals surface area contributed by atoms with E-state index in [9.17, 15) is 0 Å². The van der Waals surface area contributed by atoms with Crippen LogP contribution in [0.25, 0.3) is 0 Å². The lowest BCUT2D eigenvalue weighted by atomic mass is 10.2. The molecule has 0 radical (unpaired) electrons. The van der Waals surface area contributed by atoms with E-state index in [1.165, 1.54) is 5.56 Å². The minimum atomic E-state index is 0.782. The fourth-order valence-electron chi connectivity index (χ4n) is 1.74. The summed E-state index contributed by atoms with van der Waals surface area (Å²) in [6.45, 7) is 5.56. The summed E-state index contributed by atoms with van der Waals surface area (Å²) in [6.07, 6.45) is 1.95. The Bertz CT molecular complexity index is 470. The minimum Gasteiger partial charge on any atom is -0.466 e. The summed E-state index contributed by atoms with van der Waals surface area (Å²) in [6, 6.07) is 4.08. The molecule has 0 amide bonds. The van der Waals surface area contributed by atoms with E-state index in [2.05, 4.69) is 16.5 Å². The third-order valence-electron chi connectivity index (χ3n) is 2.53. The van der Waals surface area contributed by atoms with Crippen LogP contribution in [0.4, 0.5) is 0 Å². The Morgan fingerprint density at radius 3 is 2.75 bits per heavy atom. The van der Waals surface area contributed by atoms with Crippen molar-refractivity contribution in [2.75, 3.05) is 0 Å². The smallest absolute Gasteiger partial charge is 0.105 e. The van der Waals surface area contributed by atoms with Gasteiger partial charge in [0.15, 0.2) is 0 Å². The van der Waals surface area contributed by atoms with Crippen LogP contribution in [0, 0.1) is 13.8 Å². The monoisotopic (exact) mass is 219 g/mol. The summed E-state index contributed by atoms with van der Waals surface area (Å²) in [5, 5.41) is 7.65. The Morgan fingerprint density at radius 1 is 1.38 bits per heavy atom.